The minimum Gasteiger partial charge on any atom is -0.463 e. The number of rotatable bonds is 26. The second-order valence-corrected chi connectivity index (χ2v) is 12.8. The number of ketones is 1. The van der Waals surface area contributed by atoms with Crippen LogP contribution in [0.2, 0.25) is 0 Å². The van der Waals surface area contributed by atoms with Gasteiger partial charge in [-0.15, -0.1) is 0 Å². The van der Waals surface area contributed by atoms with Crippen LogP contribution >= 0.6 is 0 Å². The lowest BCUT2D eigenvalue weighted by Crippen LogP contribution is -2.32. The Morgan fingerprint density at radius 3 is 2.40 bits per heavy atom. The average molecular weight is 621 g/mol. The molecule has 0 saturated carbocycles. The first-order valence-corrected chi connectivity index (χ1v) is 17.9. The first-order chi connectivity index (χ1) is 21.7. The molecule has 0 amide bonds. The second kappa shape index (κ2) is 24.3. The van der Waals surface area contributed by atoms with E-state index in [-0.39, 0.29) is 11.7 Å². The molecule has 0 bridgehead atoms. The number of aryl methyl sites for hydroxylation is 1. The fourth-order valence-electron chi connectivity index (χ4n) is 5.55. The lowest BCUT2D eigenvalue weighted by molar-refractivity contribution is -0.114. The van der Waals surface area contributed by atoms with Crippen molar-refractivity contribution >= 4 is 11.6 Å². The van der Waals surface area contributed by atoms with Crippen LogP contribution in [0.4, 0.5) is 5.82 Å². The second-order valence-electron chi connectivity index (χ2n) is 12.8. The number of carbonyl (C=O) groups excluding carboxylic acids is 1. The van der Waals surface area contributed by atoms with Gasteiger partial charge >= 0.3 is 6.01 Å². The van der Waals surface area contributed by atoms with Crippen LogP contribution < -0.4 is 9.64 Å². The number of allylic oxidation sites excluding steroid dienone is 5. The van der Waals surface area contributed by atoms with E-state index < -0.39 is 0 Å². The molecule has 0 unspecified atom stereocenters. The van der Waals surface area contributed by atoms with Crippen molar-refractivity contribution in [1.82, 2.24) is 9.97 Å². The number of nitrogens with zero attached hydrogens (tertiary/aromatic N) is 4. The Balaban J connectivity index is 3.37. The van der Waals surface area contributed by atoms with Crippen LogP contribution in [0.25, 0.3) is 0 Å². The van der Waals surface area contributed by atoms with E-state index in [9.17, 15) is 10.1 Å². The molecule has 0 aliphatic rings. The van der Waals surface area contributed by atoms with Gasteiger partial charge in [-0.25, -0.2) is 0 Å². The first-order valence-electron chi connectivity index (χ1n) is 17.9. The topological polar surface area (TPSA) is 79.1 Å². The summed E-state index contributed by atoms with van der Waals surface area (Å²) in [5.74, 6) is 1.66. The molecule has 0 aliphatic carbocycles. The van der Waals surface area contributed by atoms with Gasteiger partial charge in [0, 0.05) is 31.5 Å². The van der Waals surface area contributed by atoms with E-state index in [1.54, 1.807) is 0 Å². The minimum atomic E-state index is 0.0829. The maximum Gasteiger partial charge on any atom is 0.318 e. The van der Waals surface area contributed by atoms with Crippen LogP contribution in [0.1, 0.15) is 143 Å². The normalized spacial score (nSPS) is 13.3. The predicted molar refractivity (Wildman–Crippen MR) is 191 cm³/mol. The van der Waals surface area contributed by atoms with Crippen molar-refractivity contribution in [3.63, 3.8) is 0 Å². The zero-order chi connectivity index (χ0) is 33.5. The van der Waals surface area contributed by atoms with E-state index in [1.165, 1.54) is 48.5 Å². The molecule has 0 spiro atoms. The van der Waals surface area contributed by atoms with E-state index in [0.717, 1.165) is 82.4 Å². The van der Waals surface area contributed by atoms with Gasteiger partial charge < -0.3 is 9.64 Å². The highest BCUT2D eigenvalue weighted by atomic mass is 16.5. The number of unbranched alkanes of at least 4 members (excludes halogenated alkanes) is 5. The smallest absolute Gasteiger partial charge is 0.318 e. The van der Waals surface area contributed by atoms with Crippen LogP contribution in [-0.4, -0.2) is 35.4 Å². The van der Waals surface area contributed by atoms with Crippen molar-refractivity contribution in [2.75, 3.05) is 24.6 Å². The number of anilines is 1. The summed E-state index contributed by atoms with van der Waals surface area (Å²) in [6.45, 7) is 21.1. The van der Waals surface area contributed by atoms with Crippen molar-refractivity contribution in [3.8, 4) is 12.1 Å². The molecule has 1 heterocycles. The number of aromatic nitrogens is 2. The lowest BCUT2D eigenvalue weighted by atomic mass is 9.97. The number of nitriles is 1. The third-order valence-corrected chi connectivity index (χ3v) is 8.54. The summed E-state index contributed by atoms with van der Waals surface area (Å²) in [4.78, 5) is 24.3. The maximum atomic E-state index is 11.9. The summed E-state index contributed by atoms with van der Waals surface area (Å²) >= 11 is 0. The molecule has 0 saturated heterocycles. The molecule has 0 N–H and O–H groups in total. The van der Waals surface area contributed by atoms with E-state index in [4.69, 9.17) is 14.7 Å². The number of hydrogen-bond donors (Lipinski definition) is 0. The van der Waals surface area contributed by atoms with Crippen LogP contribution in [0.5, 0.6) is 6.01 Å². The summed E-state index contributed by atoms with van der Waals surface area (Å²) in [5, 5.41) is 9.43. The zero-order valence-corrected chi connectivity index (χ0v) is 29.9. The molecule has 2 atom stereocenters. The molecule has 1 aromatic heterocycles. The maximum absolute atomic E-state index is 11.9. The van der Waals surface area contributed by atoms with Gasteiger partial charge in [-0.2, -0.15) is 15.2 Å². The quantitative estimate of drug-likeness (QED) is 0.0582. The molecule has 6 nitrogen and oxygen atoms in total. The molecule has 6 heteroatoms. The van der Waals surface area contributed by atoms with Crippen molar-refractivity contribution < 1.29 is 9.53 Å². The summed E-state index contributed by atoms with van der Waals surface area (Å²) in [7, 11) is 0. The lowest BCUT2D eigenvalue weighted by Gasteiger charge is -2.29. The monoisotopic (exact) mass is 621 g/mol. The highest BCUT2D eigenvalue weighted by Gasteiger charge is 2.22. The largest absolute Gasteiger partial charge is 0.463 e. The van der Waals surface area contributed by atoms with Gasteiger partial charge in [0.2, 0.25) is 0 Å². The summed E-state index contributed by atoms with van der Waals surface area (Å²) in [5.41, 5.74) is 5.11. The molecule has 252 valence electrons. The fourth-order valence-corrected chi connectivity index (χ4v) is 5.55. The molecule has 45 heavy (non-hydrogen) atoms. The average Bonchev–Trinajstić information content (AvgIpc) is 3.04. The van der Waals surface area contributed by atoms with Crippen LogP contribution in [0.15, 0.2) is 36.0 Å². The minimum absolute atomic E-state index is 0.0829. The van der Waals surface area contributed by atoms with Crippen molar-refractivity contribution in [2.45, 2.75) is 145 Å². The first kappa shape index (κ1) is 40.1. The van der Waals surface area contributed by atoms with Crippen LogP contribution in [0, 0.1) is 23.2 Å². The van der Waals surface area contributed by atoms with Crippen molar-refractivity contribution in [3.05, 3.63) is 47.2 Å². The van der Waals surface area contributed by atoms with E-state index >= 15 is 0 Å². The molecule has 1 aromatic rings. The fraction of sp³-hybridized carbons (Fsp3) is 0.692. The number of ether oxygens (including phenoxy) is 1. The highest BCUT2D eigenvalue weighted by molar-refractivity contribution is 5.88. The Morgan fingerprint density at radius 1 is 1.02 bits per heavy atom. The molecular weight excluding hydrogens is 556 g/mol. The molecule has 0 radical (unpaired) electrons. The number of carbonyl (C=O) groups is 1. The summed E-state index contributed by atoms with van der Waals surface area (Å²) in [6.07, 6.45) is 20.8. The molecule has 1 rings (SSSR count). The van der Waals surface area contributed by atoms with Gasteiger partial charge in [0.25, 0.3) is 0 Å². The van der Waals surface area contributed by atoms with E-state index in [0.29, 0.717) is 31.4 Å². The third kappa shape index (κ3) is 16.3. The van der Waals surface area contributed by atoms with Gasteiger partial charge in [0.05, 0.1) is 18.4 Å². The molecule has 0 aromatic carbocycles. The highest BCUT2D eigenvalue weighted by Crippen LogP contribution is 2.29. The summed E-state index contributed by atoms with van der Waals surface area (Å²) in [6, 6.07) is 2.80. The molecular formula is C39H64N4O2. The Morgan fingerprint density at radius 2 is 1.76 bits per heavy atom. The Kier molecular flexibility index (Phi) is 21.7. The third-order valence-electron chi connectivity index (χ3n) is 8.54. The van der Waals surface area contributed by atoms with E-state index in [2.05, 4.69) is 78.2 Å². The predicted octanol–water partition coefficient (Wildman–Crippen LogP) is 10.3. The van der Waals surface area contributed by atoms with E-state index in [1.807, 2.05) is 0 Å². The molecule has 0 aliphatic heterocycles. The van der Waals surface area contributed by atoms with Gasteiger partial charge in [-0.3, -0.25) is 4.79 Å². The molecule has 0 fully saturated rings. The van der Waals surface area contributed by atoms with Gasteiger partial charge in [0.1, 0.15) is 5.82 Å². The standard InChI is InChI=1S/C39H64N4O2/c1-9-14-16-22-34(33(8)11-3)23-17-18-25-36-37(13-5)41-39(45-30-32(7)21-15-10-2)42-38(36)43(29-31(6)26-27-40)28-20-19-24-35(44)12-4/h11-12,22,31-32H,4,9-10,13-21,23-26,28-30H2,1-3,5-8H3/b33-11-,34-22-/t31-,32-/m0/s1. The Bertz CT molecular complexity index is 1100. The Labute approximate surface area is 276 Å². The van der Waals surface area contributed by atoms with Gasteiger partial charge in [-0.1, -0.05) is 84.6 Å². The van der Waals surface area contributed by atoms with Crippen LogP contribution in [-0.2, 0) is 17.6 Å². The van der Waals surface area contributed by atoms with Crippen molar-refractivity contribution in [1.29, 1.82) is 5.26 Å². The SMILES string of the molecule is C=CC(=O)CCCCN(C[C@@H](C)CC#N)c1nc(OC[C@@H](C)CCCC)nc(CC)c1CCCCC(=C/CCCC)/C(C)=C\C. The van der Waals surface area contributed by atoms with Crippen LogP contribution in [0.3, 0.4) is 0 Å². The van der Waals surface area contributed by atoms with Crippen molar-refractivity contribution in [2.24, 2.45) is 11.8 Å². The Hall–Kier alpha value is -2.94. The van der Waals surface area contributed by atoms with Gasteiger partial charge in [-0.05, 0) is 95.1 Å². The van der Waals surface area contributed by atoms with Gasteiger partial charge in [0.15, 0.2) is 5.78 Å². The summed E-state index contributed by atoms with van der Waals surface area (Å²) < 4.78 is 6.25. The number of hydrogen-bond acceptors (Lipinski definition) is 6. The zero-order valence-electron chi connectivity index (χ0n) is 29.9.